The number of oxime groups is 1. The van der Waals surface area contributed by atoms with E-state index in [9.17, 15) is 0 Å². The summed E-state index contributed by atoms with van der Waals surface area (Å²) in [7, 11) is 0. The summed E-state index contributed by atoms with van der Waals surface area (Å²) in [5.41, 5.74) is 6.11. The molecule has 4 nitrogen and oxygen atoms in total. The van der Waals surface area contributed by atoms with E-state index in [1.54, 1.807) is 30.1 Å². The van der Waals surface area contributed by atoms with Gasteiger partial charge >= 0.3 is 0 Å². The summed E-state index contributed by atoms with van der Waals surface area (Å²) in [5, 5.41) is 12.2. The molecule has 1 heterocycles. The van der Waals surface area contributed by atoms with Crippen LogP contribution in [0.5, 0.6) is 0 Å². The lowest BCUT2D eigenvalue weighted by Crippen LogP contribution is -2.13. The third kappa shape index (κ3) is 2.62. The Morgan fingerprint density at radius 1 is 1.77 bits per heavy atom. The van der Waals surface area contributed by atoms with Crippen molar-refractivity contribution in [1.82, 2.24) is 4.98 Å². The summed E-state index contributed by atoms with van der Waals surface area (Å²) in [5.74, 6) is 1.06. The van der Waals surface area contributed by atoms with E-state index in [4.69, 9.17) is 10.9 Å². The number of aromatic nitrogens is 1. The van der Waals surface area contributed by atoms with Crippen molar-refractivity contribution in [2.75, 3.05) is 5.75 Å². The summed E-state index contributed by atoms with van der Waals surface area (Å²) in [4.78, 5) is 4.12. The minimum atomic E-state index is 0.111. The van der Waals surface area contributed by atoms with Crippen LogP contribution in [0.4, 0.5) is 0 Å². The second-order valence-corrected chi connectivity index (χ2v) is 3.59. The van der Waals surface area contributed by atoms with E-state index < -0.39 is 0 Å². The molecule has 0 bridgehead atoms. The molecule has 0 saturated heterocycles. The predicted molar refractivity (Wildman–Crippen MR) is 53.1 cm³/mol. The maximum absolute atomic E-state index is 8.44. The monoisotopic (exact) mass is 197 g/mol. The molecule has 0 amide bonds. The Labute approximate surface area is 80.9 Å². The van der Waals surface area contributed by atoms with E-state index in [1.165, 1.54) is 0 Å². The number of amidine groups is 1. The highest BCUT2D eigenvalue weighted by Crippen LogP contribution is 2.15. The number of nitrogens with two attached hydrogens (primary N) is 1. The number of rotatable bonds is 3. The lowest BCUT2D eigenvalue weighted by Gasteiger charge is -2.00. The molecule has 0 aliphatic carbocycles. The minimum Gasteiger partial charge on any atom is -0.409 e. The van der Waals surface area contributed by atoms with E-state index in [-0.39, 0.29) is 5.84 Å². The Morgan fingerprint density at radius 2 is 2.54 bits per heavy atom. The molecule has 5 heteroatoms. The first-order chi connectivity index (χ1) is 6.27. The van der Waals surface area contributed by atoms with Crippen molar-refractivity contribution in [3.05, 3.63) is 23.9 Å². The predicted octanol–water partition coefficient (Wildman–Crippen LogP) is 1.29. The van der Waals surface area contributed by atoms with E-state index in [2.05, 4.69) is 10.1 Å². The van der Waals surface area contributed by atoms with Crippen LogP contribution in [0.15, 0.2) is 28.5 Å². The zero-order valence-electron chi connectivity index (χ0n) is 7.27. The smallest absolute Gasteiger partial charge is 0.170 e. The van der Waals surface area contributed by atoms with Gasteiger partial charge in [-0.25, -0.2) is 4.98 Å². The van der Waals surface area contributed by atoms with E-state index in [0.29, 0.717) is 5.56 Å². The molecule has 0 aliphatic heterocycles. The van der Waals surface area contributed by atoms with Gasteiger partial charge in [-0.05, 0) is 17.9 Å². The Hall–Kier alpha value is -1.23. The molecule has 0 atom stereocenters. The summed E-state index contributed by atoms with van der Waals surface area (Å²) in [6.45, 7) is 2.04. The third-order valence-corrected chi connectivity index (χ3v) is 2.24. The first kappa shape index (κ1) is 9.85. The van der Waals surface area contributed by atoms with Gasteiger partial charge in [-0.3, -0.25) is 0 Å². The molecule has 13 heavy (non-hydrogen) atoms. The summed E-state index contributed by atoms with van der Waals surface area (Å²) < 4.78 is 0. The Balaban J connectivity index is 2.91. The zero-order chi connectivity index (χ0) is 9.68. The molecule has 0 unspecified atom stereocenters. The van der Waals surface area contributed by atoms with Crippen LogP contribution in [0.2, 0.25) is 0 Å². The van der Waals surface area contributed by atoms with Crippen molar-refractivity contribution in [2.45, 2.75) is 11.9 Å². The van der Waals surface area contributed by atoms with Gasteiger partial charge in [0.1, 0.15) is 0 Å². The Morgan fingerprint density at radius 3 is 3.15 bits per heavy atom. The Kier molecular flexibility index (Phi) is 3.57. The summed E-state index contributed by atoms with van der Waals surface area (Å²) in [6, 6.07) is 3.50. The van der Waals surface area contributed by atoms with Crippen LogP contribution >= 0.6 is 11.8 Å². The fourth-order valence-electron chi connectivity index (χ4n) is 0.853. The molecule has 0 fully saturated rings. The molecule has 0 radical (unpaired) electrons. The SMILES string of the molecule is CCSc1cc(/C(N)=N/O)ccn1. The first-order valence-corrected chi connectivity index (χ1v) is 4.83. The van der Waals surface area contributed by atoms with E-state index >= 15 is 0 Å². The normalized spacial score (nSPS) is 11.6. The van der Waals surface area contributed by atoms with Crippen molar-refractivity contribution >= 4 is 17.6 Å². The minimum absolute atomic E-state index is 0.111. The molecule has 1 aromatic rings. The Bertz CT molecular complexity index is 314. The van der Waals surface area contributed by atoms with Gasteiger partial charge in [0.2, 0.25) is 0 Å². The highest BCUT2D eigenvalue weighted by atomic mass is 32.2. The maximum Gasteiger partial charge on any atom is 0.170 e. The molecule has 3 N–H and O–H groups in total. The van der Waals surface area contributed by atoms with Gasteiger partial charge in [-0.1, -0.05) is 12.1 Å². The van der Waals surface area contributed by atoms with E-state index in [1.807, 2.05) is 6.92 Å². The molecule has 0 aromatic carbocycles. The van der Waals surface area contributed by atoms with Crippen molar-refractivity contribution < 1.29 is 5.21 Å². The van der Waals surface area contributed by atoms with Gasteiger partial charge in [0.15, 0.2) is 5.84 Å². The van der Waals surface area contributed by atoms with Gasteiger partial charge < -0.3 is 10.9 Å². The first-order valence-electron chi connectivity index (χ1n) is 3.84. The van der Waals surface area contributed by atoms with Crippen LogP contribution < -0.4 is 5.73 Å². The molecule has 1 aromatic heterocycles. The highest BCUT2D eigenvalue weighted by Gasteiger charge is 2.00. The quantitative estimate of drug-likeness (QED) is 0.252. The molecule has 70 valence electrons. The van der Waals surface area contributed by atoms with Crippen LogP contribution in [0.1, 0.15) is 12.5 Å². The van der Waals surface area contributed by atoms with Gasteiger partial charge in [-0.15, -0.1) is 11.8 Å². The van der Waals surface area contributed by atoms with Crippen molar-refractivity contribution in [3.63, 3.8) is 0 Å². The molecule has 0 saturated carbocycles. The summed E-state index contributed by atoms with van der Waals surface area (Å²) >= 11 is 1.61. The second-order valence-electron chi connectivity index (χ2n) is 2.30. The van der Waals surface area contributed by atoms with Crippen LogP contribution in [0.25, 0.3) is 0 Å². The fraction of sp³-hybridized carbons (Fsp3) is 0.250. The number of hydrogen-bond acceptors (Lipinski definition) is 4. The molecular weight excluding hydrogens is 186 g/mol. The third-order valence-electron chi connectivity index (χ3n) is 1.43. The lowest BCUT2D eigenvalue weighted by molar-refractivity contribution is 0.318. The number of hydrogen-bond donors (Lipinski definition) is 2. The lowest BCUT2D eigenvalue weighted by atomic mass is 10.2. The van der Waals surface area contributed by atoms with Gasteiger partial charge in [-0.2, -0.15) is 0 Å². The number of nitrogens with zero attached hydrogens (tertiary/aromatic N) is 2. The van der Waals surface area contributed by atoms with Crippen LogP contribution in [0.3, 0.4) is 0 Å². The molecule has 0 aliphatic rings. The van der Waals surface area contributed by atoms with Crippen LogP contribution in [-0.2, 0) is 0 Å². The van der Waals surface area contributed by atoms with Crippen LogP contribution in [-0.4, -0.2) is 21.8 Å². The highest BCUT2D eigenvalue weighted by molar-refractivity contribution is 7.99. The van der Waals surface area contributed by atoms with Crippen molar-refractivity contribution in [3.8, 4) is 0 Å². The number of thioether (sulfide) groups is 1. The average molecular weight is 197 g/mol. The maximum atomic E-state index is 8.44. The number of pyridine rings is 1. The second kappa shape index (κ2) is 4.71. The van der Waals surface area contributed by atoms with Crippen molar-refractivity contribution in [2.24, 2.45) is 10.9 Å². The fourth-order valence-corrected chi connectivity index (χ4v) is 1.49. The van der Waals surface area contributed by atoms with Crippen LogP contribution in [0, 0.1) is 0 Å². The standard InChI is InChI=1S/C8H11N3OS/c1-2-13-7-5-6(3-4-10-7)8(9)11-12/h3-5,12H,2H2,1H3,(H2,9,11). The summed E-state index contributed by atoms with van der Waals surface area (Å²) in [6.07, 6.45) is 1.64. The topological polar surface area (TPSA) is 71.5 Å². The average Bonchev–Trinajstić information content (AvgIpc) is 2.18. The van der Waals surface area contributed by atoms with Gasteiger partial charge in [0.25, 0.3) is 0 Å². The molecule has 0 spiro atoms. The molecular formula is C8H11N3OS. The van der Waals surface area contributed by atoms with Crippen molar-refractivity contribution in [1.29, 1.82) is 0 Å². The zero-order valence-corrected chi connectivity index (χ0v) is 8.08. The largest absolute Gasteiger partial charge is 0.409 e. The van der Waals surface area contributed by atoms with E-state index in [0.717, 1.165) is 10.8 Å². The molecule has 1 rings (SSSR count). The van der Waals surface area contributed by atoms with Gasteiger partial charge in [0.05, 0.1) is 5.03 Å². The van der Waals surface area contributed by atoms with Gasteiger partial charge in [0, 0.05) is 11.8 Å².